The summed E-state index contributed by atoms with van der Waals surface area (Å²) in [4.78, 5) is 12.3. The Bertz CT molecular complexity index is 658. The van der Waals surface area contributed by atoms with Crippen LogP contribution < -0.4 is 5.32 Å². The van der Waals surface area contributed by atoms with E-state index in [4.69, 9.17) is 0 Å². The first-order valence-corrected chi connectivity index (χ1v) is 7.26. The fourth-order valence-electron chi connectivity index (χ4n) is 2.41. The largest absolute Gasteiger partial charge is 0.326 e. The predicted octanol–water partition coefficient (Wildman–Crippen LogP) is 3.39. The summed E-state index contributed by atoms with van der Waals surface area (Å²) in [5.41, 5.74) is 5.22. The number of carbonyl (C=O) groups is 1. The van der Waals surface area contributed by atoms with E-state index in [-0.39, 0.29) is 11.8 Å². The second kappa shape index (κ2) is 6.12. The molecule has 1 atom stereocenters. The molecule has 0 aliphatic carbocycles. The third-order valence-electron chi connectivity index (χ3n) is 3.64. The second-order valence-corrected chi connectivity index (χ2v) is 5.82. The maximum atomic E-state index is 12.3. The van der Waals surface area contributed by atoms with Crippen LogP contribution in [0.25, 0.3) is 0 Å². The van der Waals surface area contributed by atoms with E-state index in [0.717, 1.165) is 22.6 Å². The van der Waals surface area contributed by atoms with E-state index in [9.17, 15) is 4.79 Å². The molecule has 0 fully saturated rings. The molecule has 0 radical (unpaired) electrons. The van der Waals surface area contributed by atoms with Gasteiger partial charge in [0.1, 0.15) is 0 Å². The first-order valence-electron chi connectivity index (χ1n) is 7.26. The topological polar surface area (TPSA) is 46.9 Å². The summed E-state index contributed by atoms with van der Waals surface area (Å²) in [6.07, 6.45) is 0. The number of aromatic nitrogens is 2. The van der Waals surface area contributed by atoms with Gasteiger partial charge in [0, 0.05) is 11.4 Å². The molecule has 1 amide bonds. The van der Waals surface area contributed by atoms with Crippen LogP contribution in [-0.2, 0) is 11.3 Å². The highest BCUT2D eigenvalue weighted by molar-refractivity contribution is 5.93. The molecule has 0 saturated heterocycles. The summed E-state index contributed by atoms with van der Waals surface area (Å²) in [6.45, 7) is 10.5. The van der Waals surface area contributed by atoms with Gasteiger partial charge < -0.3 is 5.32 Å². The maximum absolute atomic E-state index is 12.3. The molecule has 21 heavy (non-hydrogen) atoms. The number of nitrogens with one attached hydrogen (secondary N) is 1. The van der Waals surface area contributed by atoms with Gasteiger partial charge in [0.15, 0.2) is 0 Å². The van der Waals surface area contributed by atoms with Crippen LogP contribution in [0.3, 0.4) is 0 Å². The molecule has 0 saturated carbocycles. The van der Waals surface area contributed by atoms with E-state index in [2.05, 4.69) is 16.5 Å². The molecular weight excluding hydrogens is 262 g/mol. The quantitative estimate of drug-likeness (QED) is 0.936. The SMILES string of the molecule is Cc1ccc(NC(=O)C(C)Cn2nc(C)cc2C)c(C)c1. The molecule has 0 aliphatic rings. The van der Waals surface area contributed by atoms with Crippen molar-refractivity contribution in [1.29, 1.82) is 0 Å². The zero-order chi connectivity index (χ0) is 15.6. The van der Waals surface area contributed by atoms with Crippen molar-refractivity contribution in [2.24, 2.45) is 5.92 Å². The predicted molar refractivity (Wildman–Crippen MR) is 85.4 cm³/mol. The standard InChI is InChI=1S/C17H23N3O/c1-11-6-7-16(12(2)8-11)18-17(21)13(3)10-20-15(5)9-14(4)19-20/h6-9,13H,10H2,1-5H3,(H,18,21). The molecule has 1 heterocycles. The number of anilines is 1. The van der Waals surface area contributed by atoms with Crippen molar-refractivity contribution in [1.82, 2.24) is 9.78 Å². The van der Waals surface area contributed by atoms with Gasteiger partial charge in [-0.25, -0.2) is 0 Å². The van der Waals surface area contributed by atoms with Crippen molar-refractivity contribution in [2.75, 3.05) is 5.32 Å². The minimum Gasteiger partial charge on any atom is -0.326 e. The Morgan fingerprint density at radius 2 is 1.95 bits per heavy atom. The van der Waals surface area contributed by atoms with Crippen molar-refractivity contribution in [3.63, 3.8) is 0 Å². The Morgan fingerprint density at radius 3 is 2.52 bits per heavy atom. The molecular formula is C17H23N3O. The molecule has 2 aromatic rings. The lowest BCUT2D eigenvalue weighted by Gasteiger charge is -2.15. The highest BCUT2D eigenvalue weighted by Gasteiger charge is 2.16. The number of hydrogen-bond acceptors (Lipinski definition) is 2. The third-order valence-corrected chi connectivity index (χ3v) is 3.64. The average Bonchev–Trinajstić information content (AvgIpc) is 2.71. The summed E-state index contributed by atoms with van der Waals surface area (Å²) in [6, 6.07) is 8.06. The van der Waals surface area contributed by atoms with Gasteiger partial charge in [0.05, 0.1) is 18.2 Å². The third kappa shape index (κ3) is 3.72. The summed E-state index contributed by atoms with van der Waals surface area (Å²) in [5, 5.41) is 7.41. The van der Waals surface area contributed by atoms with E-state index in [0.29, 0.717) is 6.54 Å². The second-order valence-electron chi connectivity index (χ2n) is 5.82. The normalized spacial score (nSPS) is 12.2. The van der Waals surface area contributed by atoms with Crippen LogP contribution in [0.5, 0.6) is 0 Å². The van der Waals surface area contributed by atoms with Gasteiger partial charge in [0.2, 0.25) is 5.91 Å². The number of amides is 1. The Hall–Kier alpha value is -2.10. The van der Waals surface area contributed by atoms with Gasteiger partial charge in [0.25, 0.3) is 0 Å². The molecule has 1 N–H and O–H groups in total. The van der Waals surface area contributed by atoms with Crippen molar-refractivity contribution >= 4 is 11.6 Å². The lowest BCUT2D eigenvalue weighted by Crippen LogP contribution is -2.25. The summed E-state index contributed by atoms with van der Waals surface area (Å²) in [7, 11) is 0. The lowest BCUT2D eigenvalue weighted by molar-refractivity contribution is -0.119. The highest BCUT2D eigenvalue weighted by Crippen LogP contribution is 2.17. The molecule has 0 aliphatic heterocycles. The lowest BCUT2D eigenvalue weighted by atomic mass is 10.1. The van der Waals surface area contributed by atoms with Crippen LogP contribution in [0.15, 0.2) is 24.3 Å². The zero-order valence-electron chi connectivity index (χ0n) is 13.4. The van der Waals surface area contributed by atoms with Gasteiger partial charge in [-0.2, -0.15) is 5.10 Å². The number of nitrogens with zero attached hydrogens (tertiary/aromatic N) is 2. The first kappa shape index (κ1) is 15.3. The molecule has 0 bridgehead atoms. The summed E-state index contributed by atoms with van der Waals surface area (Å²) < 4.78 is 1.89. The Morgan fingerprint density at radius 1 is 1.24 bits per heavy atom. The average molecular weight is 285 g/mol. The van der Waals surface area contributed by atoms with Crippen LogP contribution >= 0.6 is 0 Å². The van der Waals surface area contributed by atoms with Crippen LogP contribution in [0.1, 0.15) is 29.4 Å². The Labute approximate surface area is 126 Å². The fraction of sp³-hybridized carbons (Fsp3) is 0.412. The summed E-state index contributed by atoms with van der Waals surface area (Å²) >= 11 is 0. The van der Waals surface area contributed by atoms with E-state index in [1.807, 2.05) is 57.5 Å². The van der Waals surface area contributed by atoms with Crippen molar-refractivity contribution in [2.45, 2.75) is 41.2 Å². The van der Waals surface area contributed by atoms with Crippen LogP contribution in [0, 0.1) is 33.6 Å². The van der Waals surface area contributed by atoms with Crippen LogP contribution in [0.4, 0.5) is 5.69 Å². The molecule has 1 aromatic heterocycles. The van der Waals surface area contributed by atoms with Crippen molar-refractivity contribution < 1.29 is 4.79 Å². The minimum atomic E-state index is -0.135. The van der Waals surface area contributed by atoms with Crippen molar-refractivity contribution in [3.8, 4) is 0 Å². The fourth-order valence-corrected chi connectivity index (χ4v) is 2.41. The van der Waals surface area contributed by atoms with Crippen LogP contribution in [-0.4, -0.2) is 15.7 Å². The smallest absolute Gasteiger partial charge is 0.229 e. The van der Waals surface area contributed by atoms with E-state index in [1.165, 1.54) is 5.56 Å². The minimum absolute atomic E-state index is 0.0227. The maximum Gasteiger partial charge on any atom is 0.229 e. The molecule has 2 rings (SSSR count). The number of benzene rings is 1. The van der Waals surface area contributed by atoms with Gasteiger partial charge in [-0.3, -0.25) is 9.48 Å². The van der Waals surface area contributed by atoms with Crippen LogP contribution in [0.2, 0.25) is 0 Å². The first-order chi connectivity index (χ1) is 9.86. The number of rotatable bonds is 4. The molecule has 4 heteroatoms. The van der Waals surface area contributed by atoms with E-state index in [1.54, 1.807) is 0 Å². The molecule has 4 nitrogen and oxygen atoms in total. The molecule has 1 aromatic carbocycles. The van der Waals surface area contributed by atoms with Gasteiger partial charge >= 0.3 is 0 Å². The number of hydrogen-bond donors (Lipinski definition) is 1. The highest BCUT2D eigenvalue weighted by atomic mass is 16.1. The Balaban J connectivity index is 2.04. The number of aryl methyl sites for hydroxylation is 4. The Kier molecular flexibility index (Phi) is 4.46. The monoisotopic (exact) mass is 285 g/mol. The van der Waals surface area contributed by atoms with Crippen molar-refractivity contribution in [3.05, 3.63) is 46.8 Å². The van der Waals surface area contributed by atoms with Gasteiger partial charge in [-0.1, -0.05) is 24.6 Å². The van der Waals surface area contributed by atoms with E-state index < -0.39 is 0 Å². The van der Waals surface area contributed by atoms with Gasteiger partial charge in [-0.05, 0) is 45.4 Å². The summed E-state index contributed by atoms with van der Waals surface area (Å²) in [5.74, 6) is -0.113. The number of carbonyl (C=O) groups excluding carboxylic acids is 1. The zero-order valence-corrected chi connectivity index (χ0v) is 13.4. The van der Waals surface area contributed by atoms with Gasteiger partial charge in [-0.15, -0.1) is 0 Å². The van der Waals surface area contributed by atoms with E-state index >= 15 is 0 Å². The molecule has 1 unspecified atom stereocenters. The molecule has 0 spiro atoms. The molecule has 112 valence electrons.